The summed E-state index contributed by atoms with van der Waals surface area (Å²) in [6.45, 7) is 2.61. The van der Waals surface area contributed by atoms with Crippen LogP contribution in [-0.2, 0) is 16.4 Å². The molecule has 0 radical (unpaired) electrons. The number of nitrogens with zero attached hydrogens (tertiary/aromatic N) is 3. The van der Waals surface area contributed by atoms with Gasteiger partial charge in [0.2, 0.25) is 0 Å². The second kappa shape index (κ2) is 6.76. The lowest BCUT2D eigenvalue weighted by Crippen LogP contribution is -2.34. The number of hydrogen-bond donors (Lipinski definition) is 0. The molecular weight excluding hydrogens is 310 g/mol. The fraction of sp³-hybridized carbons (Fsp3) is 0.412. The third-order valence-electron chi connectivity index (χ3n) is 4.20. The second-order valence-corrected chi connectivity index (χ2v) is 8.04. The molecule has 1 aliphatic rings. The molecule has 2 aromatic rings. The summed E-state index contributed by atoms with van der Waals surface area (Å²) in [5.41, 5.74) is 1.75. The predicted octanol–water partition coefficient (Wildman–Crippen LogP) is 2.26. The number of pyridine rings is 2. The monoisotopic (exact) mass is 331 g/mol. The summed E-state index contributed by atoms with van der Waals surface area (Å²) >= 11 is 0. The Balaban J connectivity index is 1.79. The van der Waals surface area contributed by atoms with Gasteiger partial charge in [-0.1, -0.05) is 6.07 Å². The van der Waals surface area contributed by atoms with Gasteiger partial charge in [-0.2, -0.15) is 0 Å². The minimum atomic E-state index is -3.25. The standard InChI is InChI=1S/C17H21N3O2S/c1-23(21,22)16-8-4-10-19-17(16)14-6-5-11-20(12-14)13-15-7-2-3-9-18-15/h2-4,7-10,14H,5-6,11-13H2,1H3/t14-/m0/s1. The van der Waals surface area contributed by atoms with E-state index in [0.29, 0.717) is 10.6 Å². The highest BCUT2D eigenvalue weighted by molar-refractivity contribution is 7.90. The summed E-state index contributed by atoms with van der Waals surface area (Å²) in [5.74, 6) is 0.151. The number of rotatable bonds is 4. The van der Waals surface area contributed by atoms with Crippen molar-refractivity contribution in [2.75, 3.05) is 19.3 Å². The molecule has 1 saturated heterocycles. The van der Waals surface area contributed by atoms with Crippen LogP contribution in [0.5, 0.6) is 0 Å². The van der Waals surface area contributed by atoms with E-state index >= 15 is 0 Å². The molecule has 122 valence electrons. The molecule has 2 aromatic heterocycles. The van der Waals surface area contributed by atoms with Gasteiger partial charge in [0.25, 0.3) is 0 Å². The summed E-state index contributed by atoms with van der Waals surface area (Å²) in [4.78, 5) is 11.5. The van der Waals surface area contributed by atoms with Gasteiger partial charge in [0.1, 0.15) is 0 Å². The lowest BCUT2D eigenvalue weighted by atomic mass is 9.94. The minimum absolute atomic E-state index is 0.151. The second-order valence-electron chi connectivity index (χ2n) is 6.05. The van der Waals surface area contributed by atoms with E-state index in [4.69, 9.17) is 0 Å². The minimum Gasteiger partial charge on any atom is -0.297 e. The van der Waals surface area contributed by atoms with E-state index in [2.05, 4.69) is 14.9 Å². The molecule has 1 atom stereocenters. The molecule has 0 aliphatic carbocycles. The van der Waals surface area contributed by atoms with Crippen LogP contribution < -0.4 is 0 Å². The van der Waals surface area contributed by atoms with Crippen LogP contribution in [0.25, 0.3) is 0 Å². The summed E-state index contributed by atoms with van der Waals surface area (Å²) in [6.07, 6.45) is 6.75. The number of aromatic nitrogens is 2. The van der Waals surface area contributed by atoms with E-state index in [1.165, 1.54) is 6.26 Å². The Morgan fingerprint density at radius 1 is 1.17 bits per heavy atom. The molecular formula is C17H21N3O2S. The SMILES string of the molecule is CS(=O)(=O)c1cccnc1[C@H]1CCCN(Cc2ccccn2)C1. The maximum atomic E-state index is 12.0. The lowest BCUT2D eigenvalue weighted by Gasteiger charge is -2.32. The molecule has 0 unspecified atom stereocenters. The topological polar surface area (TPSA) is 63.2 Å². The first-order valence-electron chi connectivity index (χ1n) is 7.81. The predicted molar refractivity (Wildman–Crippen MR) is 88.8 cm³/mol. The van der Waals surface area contributed by atoms with Crippen LogP contribution in [0, 0.1) is 0 Å². The summed E-state index contributed by atoms with van der Waals surface area (Å²) < 4.78 is 24.0. The molecule has 6 heteroatoms. The van der Waals surface area contributed by atoms with Crippen LogP contribution in [0.2, 0.25) is 0 Å². The van der Waals surface area contributed by atoms with E-state index < -0.39 is 9.84 Å². The zero-order chi connectivity index (χ0) is 16.3. The van der Waals surface area contributed by atoms with Crippen LogP contribution in [-0.4, -0.2) is 42.6 Å². The Bertz CT molecular complexity index is 762. The van der Waals surface area contributed by atoms with Crippen LogP contribution in [0.1, 0.15) is 30.1 Å². The van der Waals surface area contributed by atoms with Gasteiger partial charge in [-0.05, 0) is 43.7 Å². The number of hydrogen-bond acceptors (Lipinski definition) is 5. The molecule has 0 bridgehead atoms. The van der Waals surface area contributed by atoms with E-state index in [9.17, 15) is 8.42 Å². The van der Waals surface area contributed by atoms with E-state index in [1.54, 1.807) is 24.5 Å². The van der Waals surface area contributed by atoms with Crippen LogP contribution in [0.4, 0.5) is 0 Å². The van der Waals surface area contributed by atoms with Gasteiger partial charge in [0.05, 0.1) is 16.3 Å². The van der Waals surface area contributed by atoms with E-state index in [0.717, 1.165) is 38.2 Å². The molecule has 0 aromatic carbocycles. The Labute approximate surface area is 137 Å². The van der Waals surface area contributed by atoms with Gasteiger partial charge >= 0.3 is 0 Å². The molecule has 0 saturated carbocycles. The Kier molecular flexibility index (Phi) is 4.73. The van der Waals surface area contributed by atoms with Gasteiger partial charge < -0.3 is 0 Å². The van der Waals surface area contributed by atoms with Crippen LogP contribution in [0.15, 0.2) is 47.6 Å². The maximum Gasteiger partial charge on any atom is 0.177 e. The van der Waals surface area contributed by atoms with E-state index in [1.807, 2.05) is 18.2 Å². The first kappa shape index (κ1) is 16.1. The molecule has 0 amide bonds. The first-order valence-corrected chi connectivity index (χ1v) is 9.70. The Hall–Kier alpha value is -1.79. The van der Waals surface area contributed by atoms with Crippen molar-refractivity contribution >= 4 is 9.84 Å². The van der Waals surface area contributed by atoms with Crippen LogP contribution in [0.3, 0.4) is 0 Å². The number of likely N-dealkylation sites (tertiary alicyclic amines) is 1. The fourth-order valence-corrected chi connectivity index (χ4v) is 4.09. The zero-order valence-electron chi connectivity index (χ0n) is 13.2. The summed E-state index contributed by atoms with van der Waals surface area (Å²) in [6, 6.07) is 9.27. The average molecular weight is 331 g/mol. The van der Waals surface area contributed by atoms with Crippen molar-refractivity contribution < 1.29 is 8.42 Å². The Morgan fingerprint density at radius 3 is 2.74 bits per heavy atom. The third kappa shape index (κ3) is 3.95. The molecule has 1 fully saturated rings. The van der Waals surface area contributed by atoms with Gasteiger partial charge in [-0.15, -0.1) is 0 Å². The quantitative estimate of drug-likeness (QED) is 0.860. The van der Waals surface area contributed by atoms with Crippen molar-refractivity contribution in [3.8, 4) is 0 Å². The molecule has 3 rings (SSSR count). The van der Waals surface area contributed by atoms with Gasteiger partial charge in [-0.25, -0.2) is 8.42 Å². The molecule has 3 heterocycles. The molecule has 0 N–H and O–H groups in total. The smallest absolute Gasteiger partial charge is 0.177 e. The third-order valence-corrected chi connectivity index (χ3v) is 5.35. The number of piperidine rings is 1. The molecule has 5 nitrogen and oxygen atoms in total. The van der Waals surface area contributed by atoms with Crippen molar-refractivity contribution in [1.29, 1.82) is 0 Å². The summed E-state index contributed by atoms with van der Waals surface area (Å²) in [5, 5.41) is 0. The molecule has 0 spiro atoms. The Morgan fingerprint density at radius 2 is 2.00 bits per heavy atom. The van der Waals surface area contributed by atoms with Crippen molar-refractivity contribution in [2.24, 2.45) is 0 Å². The van der Waals surface area contributed by atoms with Crippen molar-refractivity contribution in [2.45, 2.75) is 30.2 Å². The average Bonchev–Trinajstić information content (AvgIpc) is 2.55. The van der Waals surface area contributed by atoms with Gasteiger partial charge in [-0.3, -0.25) is 14.9 Å². The van der Waals surface area contributed by atoms with Crippen LogP contribution >= 0.6 is 0 Å². The highest BCUT2D eigenvalue weighted by Crippen LogP contribution is 2.30. The maximum absolute atomic E-state index is 12.0. The normalized spacial score (nSPS) is 19.6. The zero-order valence-corrected chi connectivity index (χ0v) is 14.0. The number of sulfone groups is 1. The largest absolute Gasteiger partial charge is 0.297 e. The molecule has 23 heavy (non-hydrogen) atoms. The fourth-order valence-electron chi connectivity index (χ4n) is 3.17. The summed E-state index contributed by atoms with van der Waals surface area (Å²) in [7, 11) is -3.25. The van der Waals surface area contributed by atoms with E-state index in [-0.39, 0.29) is 5.92 Å². The highest BCUT2D eigenvalue weighted by Gasteiger charge is 2.27. The van der Waals surface area contributed by atoms with Crippen molar-refractivity contribution in [3.63, 3.8) is 0 Å². The van der Waals surface area contributed by atoms with Gasteiger partial charge in [0, 0.05) is 37.7 Å². The van der Waals surface area contributed by atoms with Gasteiger partial charge in [0.15, 0.2) is 9.84 Å². The molecule has 1 aliphatic heterocycles. The van der Waals surface area contributed by atoms with Crippen molar-refractivity contribution in [1.82, 2.24) is 14.9 Å². The van der Waals surface area contributed by atoms with Crippen molar-refractivity contribution in [3.05, 3.63) is 54.1 Å². The highest BCUT2D eigenvalue weighted by atomic mass is 32.2. The first-order chi connectivity index (χ1) is 11.0. The lowest BCUT2D eigenvalue weighted by molar-refractivity contribution is 0.195.